The molecule has 0 saturated carbocycles. The molecule has 98 valence electrons. The Hall–Kier alpha value is -1.26. The molecule has 2 rings (SSSR count). The minimum Gasteiger partial charge on any atom is -0.385 e. The number of amides is 1. The Labute approximate surface area is 112 Å². The summed E-state index contributed by atoms with van der Waals surface area (Å²) in [7, 11) is 0. The number of nitrogens with two attached hydrogens (primary N) is 1. The van der Waals surface area contributed by atoms with Gasteiger partial charge in [0.05, 0.1) is 10.6 Å². The number of carbonyl (C=O) groups is 1. The lowest BCUT2D eigenvalue weighted by Gasteiger charge is -2.11. The number of hydrogen-bond donors (Lipinski definition) is 3. The minimum absolute atomic E-state index is 0.363. The monoisotopic (exact) mass is 267 g/mol. The van der Waals surface area contributed by atoms with Crippen LogP contribution in [0.15, 0.2) is 18.2 Å². The molecule has 1 atom stereocenters. The Morgan fingerprint density at radius 3 is 3.00 bits per heavy atom. The van der Waals surface area contributed by atoms with E-state index in [-0.39, 0.29) is 0 Å². The highest BCUT2D eigenvalue weighted by Gasteiger charge is 2.13. The third-order valence-electron chi connectivity index (χ3n) is 3.28. The fraction of sp³-hybridized carbons (Fsp3) is 0.462. The standard InChI is InChI=1S/C13H18ClN3O/c14-12-7-10(1-2-11(12)13(15)18)17-6-4-9-3-5-16-8-9/h1-2,7,9,16-17H,3-6,8H2,(H2,15,18). The van der Waals surface area contributed by atoms with E-state index in [0.717, 1.165) is 37.7 Å². The fourth-order valence-electron chi connectivity index (χ4n) is 2.21. The van der Waals surface area contributed by atoms with E-state index in [0.29, 0.717) is 10.6 Å². The molecule has 5 heteroatoms. The summed E-state index contributed by atoms with van der Waals surface area (Å²) in [5.74, 6) is 0.265. The highest BCUT2D eigenvalue weighted by atomic mass is 35.5. The van der Waals surface area contributed by atoms with Crippen LogP contribution in [0.3, 0.4) is 0 Å². The maximum absolute atomic E-state index is 11.0. The largest absolute Gasteiger partial charge is 0.385 e. The van der Waals surface area contributed by atoms with Crippen molar-refractivity contribution in [2.45, 2.75) is 12.8 Å². The molecule has 1 amide bonds. The van der Waals surface area contributed by atoms with E-state index < -0.39 is 5.91 Å². The summed E-state index contributed by atoms with van der Waals surface area (Å²) in [6.45, 7) is 3.16. The van der Waals surface area contributed by atoms with E-state index in [1.165, 1.54) is 6.42 Å². The second-order valence-corrected chi connectivity index (χ2v) is 5.04. The van der Waals surface area contributed by atoms with Crippen LogP contribution >= 0.6 is 11.6 Å². The molecule has 1 aromatic carbocycles. The summed E-state index contributed by atoms with van der Waals surface area (Å²) in [4.78, 5) is 11.0. The van der Waals surface area contributed by atoms with Gasteiger partial charge >= 0.3 is 0 Å². The smallest absolute Gasteiger partial charge is 0.250 e. The molecule has 1 fully saturated rings. The highest BCUT2D eigenvalue weighted by molar-refractivity contribution is 6.34. The first-order valence-electron chi connectivity index (χ1n) is 6.21. The van der Waals surface area contributed by atoms with Crippen molar-refractivity contribution in [2.24, 2.45) is 11.7 Å². The normalized spacial score (nSPS) is 18.8. The molecule has 1 aliphatic rings. The van der Waals surface area contributed by atoms with Crippen LogP contribution < -0.4 is 16.4 Å². The maximum Gasteiger partial charge on any atom is 0.250 e. The van der Waals surface area contributed by atoms with Gasteiger partial charge in [-0.2, -0.15) is 0 Å². The van der Waals surface area contributed by atoms with Crippen LogP contribution in [-0.2, 0) is 0 Å². The van der Waals surface area contributed by atoms with E-state index in [1.807, 2.05) is 6.07 Å². The molecule has 0 radical (unpaired) electrons. The number of anilines is 1. The number of primary amides is 1. The lowest BCUT2D eigenvalue weighted by Crippen LogP contribution is -2.13. The molecule has 0 spiro atoms. The molecule has 1 heterocycles. The highest BCUT2D eigenvalue weighted by Crippen LogP contribution is 2.21. The van der Waals surface area contributed by atoms with E-state index in [4.69, 9.17) is 17.3 Å². The fourth-order valence-corrected chi connectivity index (χ4v) is 2.48. The lowest BCUT2D eigenvalue weighted by atomic mass is 10.1. The summed E-state index contributed by atoms with van der Waals surface area (Å²) >= 11 is 5.98. The second kappa shape index (κ2) is 6.07. The van der Waals surface area contributed by atoms with Gasteiger partial charge in [0, 0.05) is 12.2 Å². The Bertz CT molecular complexity index is 430. The van der Waals surface area contributed by atoms with Crippen LogP contribution in [0.25, 0.3) is 0 Å². The van der Waals surface area contributed by atoms with Crippen molar-refractivity contribution in [3.8, 4) is 0 Å². The lowest BCUT2D eigenvalue weighted by molar-refractivity contribution is 0.100. The number of nitrogens with one attached hydrogen (secondary N) is 2. The molecule has 1 unspecified atom stereocenters. The number of hydrogen-bond acceptors (Lipinski definition) is 3. The molecular formula is C13H18ClN3O. The molecule has 1 aromatic rings. The zero-order chi connectivity index (χ0) is 13.0. The zero-order valence-electron chi connectivity index (χ0n) is 10.2. The SMILES string of the molecule is NC(=O)c1ccc(NCCC2CCNC2)cc1Cl. The van der Waals surface area contributed by atoms with Crippen molar-refractivity contribution in [3.63, 3.8) is 0 Å². The van der Waals surface area contributed by atoms with Gasteiger partial charge in [0.2, 0.25) is 5.91 Å². The van der Waals surface area contributed by atoms with Gasteiger partial charge in [-0.3, -0.25) is 4.79 Å². The first-order chi connectivity index (χ1) is 8.66. The molecule has 18 heavy (non-hydrogen) atoms. The van der Waals surface area contributed by atoms with Crippen LogP contribution in [0.1, 0.15) is 23.2 Å². The summed E-state index contributed by atoms with van der Waals surface area (Å²) in [5.41, 5.74) is 6.49. The van der Waals surface area contributed by atoms with Crippen LogP contribution in [-0.4, -0.2) is 25.5 Å². The van der Waals surface area contributed by atoms with Gasteiger partial charge < -0.3 is 16.4 Å². The van der Waals surface area contributed by atoms with Gasteiger partial charge in [-0.15, -0.1) is 0 Å². The topological polar surface area (TPSA) is 67.2 Å². The molecule has 4 nitrogen and oxygen atoms in total. The molecule has 1 saturated heterocycles. The van der Waals surface area contributed by atoms with Gasteiger partial charge in [-0.1, -0.05) is 11.6 Å². The molecule has 4 N–H and O–H groups in total. The molecule has 1 aliphatic heterocycles. The van der Waals surface area contributed by atoms with E-state index in [9.17, 15) is 4.79 Å². The van der Waals surface area contributed by atoms with Gasteiger partial charge in [0.15, 0.2) is 0 Å². The van der Waals surface area contributed by atoms with Crippen LogP contribution in [0.5, 0.6) is 0 Å². The number of benzene rings is 1. The Balaban J connectivity index is 1.85. The van der Waals surface area contributed by atoms with Crippen molar-refractivity contribution >= 4 is 23.2 Å². The van der Waals surface area contributed by atoms with Crippen LogP contribution in [0.2, 0.25) is 5.02 Å². The summed E-state index contributed by atoms with van der Waals surface area (Å²) in [5, 5.41) is 7.06. The number of carbonyl (C=O) groups excluding carboxylic acids is 1. The van der Waals surface area contributed by atoms with Crippen molar-refractivity contribution in [3.05, 3.63) is 28.8 Å². The summed E-state index contributed by atoms with van der Waals surface area (Å²) in [6.07, 6.45) is 2.39. The third kappa shape index (κ3) is 3.37. The van der Waals surface area contributed by atoms with Gasteiger partial charge in [0.1, 0.15) is 0 Å². The van der Waals surface area contributed by atoms with Gasteiger partial charge in [-0.25, -0.2) is 0 Å². The second-order valence-electron chi connectivity index (χ2n) is 4.63. The Kier molecular flexibility index (Phi) is 4.44. The van der Waals surface area contributed by atoms with E-state index in [2.05, 4.69) is 10.6 Å². The maximum atomic E-state index is 11.0. The van der Waals surface area contributed by atoms with Crippen LogP contribution in [0.4, 0.5) is 5.69 Å². The first kappa shape index (κ1) is 13.2. The van der Waals surface area contributed by atoms with E-state index in [1.54, 1.807) is 12.1 Å². The quantitative estimate of drug-likeness (QED) is 0.763. The Morgan fingerprint density at radius 1 is 1.56 bits per heavy atom. The van der Waals surface area contributed by atoms with Gasteiger partial charge in [-0.05, 0) is 50.0 Å². The summed E-state index contributed by atoms with van der Waals surface area (Å²) in [6, 6.07) is 5.23. The average molecular weight is 268 g/mol. The van der Waals surface area contributed by atoms with Crippen molar-refractivity contribution < 1.29 is 4.79 Å². The minimum atomic E-state index is -0.497. The van der Waals surface area contributed by atoms with E-state index >= 15 is 0 Å². The molecule has 0 aromatic heterocycles. The zero-order valence-corrected chi connectivity index (χ0v) is 11.0. The predicted molar refractivity (Wildman–Crippen MR) is 74.1 cm³/mol. The molecule has 0 aliphatic carbocycles. The molecule has 0 bridgehead atoms. The van der Waals surface area contributed by atoms with Crippen molar-refractivity contribution in [1.82, 2.24) is 5.32 Å². The number of halogens is 1. The van der Waals surface area contributed by atoms with Crippen molar-refractivity contribution in [1.29, 1.82) is 0 Å². The van der Waals surface area contributed by atoms with Crippen LogP contribution in [0, 0.1) is 5.92 Å². The number of rotatable bonds is 5. The first-order valence-corrected chi connectivity index (χ1v) is 6.58. The summed E-state index contributed by atoms with van der Waals surface area (Å²) < 4.78 is 0. The molecular weight excluding hydrogens is 250 g/mol. The third-order valence-corrected chi connectivity index (χ3v) is 3.59. The average Bonchev–Trinajstić information content (AvgIpc) is 2.81. The Morgan fingerprint density at radius 2 is 2.39 bits per heavy atom. The van der Waals surface area contributed by atoms with Crippen molar-refractivity contribution in [2.75, 3.05) is 25.0 Å². The predicted octanol–water partition coefficient (Wildman–Crippen LogP) is 1.85. The van der Waals surface area contributed by atoms with Gasteiger partial charge in [0.25, 0.3) is 0 Å².